The Kier molecular flexibility index (Phi) is 5.69. The average molecular weight is 243 g/mol. The Hall–Kier alpha value is -1.03. The number of amides is 1. The van der Waals surface area contributed by atoms with Gasteiger partial charge in [-0.1, -0.05) is 26.8 Å². The minimum absolute atomic E-state index is 0.0407. The molecule has 0 saturated heterocycles. The fourth-order valence-electron chi connectivity index (χ4n) is 2.09. The molecule has 17 heavy (non-hydrogen) atoms. The molecule has 0 aliphatic rings. The summed E-state index contributed by atoms with van der Waals surface area (Å²) in [5, 5.41) is 10.2. The number of carboxylic acid groups (broad SMARTS) is 1. The molecule has 0 aromatic carbocycles. The van der Waals surface area contributed by atoms with E-state index in [-0.39, 0.29) is 5.41 Å². The van der Waals surface area contributed by atoms with Gasteiger partial charge in [-0.25, -0.2) is 4.79 Å². The zero-order valence-electron chi connectivity index (χ0n) is 11.6. The molecule has 0 atom stereocenters. The number of hydrogen-bond acceptors (Lipinski definition) is 2. The van der Waals surface area contributed by atoms with Gasteiger partial charge in [-0.2, -0.15) is 5.06 Å². The number of hydroxylamine groups is 2. The predicted molar refractivity (Wildman–Crippen MR) is 68.8 cm³/mol. The molecular formula is C13H25NO3. The van der Waals surface area contributed by atoms with Gasteiger partial charge in [-0.05, 0) is 32.1 Å². The number of nitrogens with zero attached hydrogens (tertiary/aromatic N) is 1. The van der Waals surface area contributed by atoms with Crippen LogP contribution in [0.3, 0.4) is 0 Å². The quantitative estimate of drug-likeness (QED) is 0.440. The van der Waals surface area contributed by atoms with Crippen molar-refractivity contribution in [1.82, 2.24) is 5.06 Å². The topological polar surface area (TPSA) is 49.8 Å². The second-order valence-corrected chi connectivity index (χ2v) is 6.04. The van der Waals surface area contributed by atoms with Crippen molar-refractivity contribution < 1.29 is 14.7 Å². The first kappa shape index (κ1) is 16.0. The zero-order valence-corrected chi connectivity index (χ0v) is 11.6. The standard InChI is InChI=1S/C13H25NO3/c1-7-8-9-17-14(11(15)16)13(5,6)10-12(2,3)4/h7H,1,8-10H2,2-6H3,(H,15,16). The van der Waals surface area contributed by atoms with Crippen molar-refractivity contribution in [1.29, 1.82) is 0 Å². The van der Waals surface area contributed by atoms with Gasteiger partial charge in [-0.15, -0.1) is 6.58 Å². The number of hydrogen-bond donors (Lipinski definition) is 1. The van der Waals surface area contributed by atoms with Crippen LogP contribution in [0.1, 0.15) is 47.5 Å². The van der Waals surface area contributed by atoms with Crippen LogP contribution in [-0.2, 0) is 4.84 Å². The minimum Gasteiger partial charge on any atom is -0.463 e. The van der Waals surface area contributed by atoms with Crippen LogP contribution < -0.4 is 0 Å². The van der Waals surface area contributed by atoms with Crippen molar-refractivity contribution in [3.05, 3.63) is 12.7 Å². The third-order valence-corrected chi connectivity index (χ3v) is 2.23. The molecule has 0 unspecified atom stereocenters. The van der Waals surface area contributed by atoms with Gasteiger partial charge in [0.2, 0.25) is 0 Å². The van der Waals surface area contributed by atoms with Gasteiger partial charge in [-0.3, -0.25) is 4.84 Å². The molecule has 0 bridgehead atoms. The molecule has 0 rings (SSSR count). The summed E-state index contributed by atoms with van der Waals surface area (Å²) in [4.78, 5) is 16.5. The summed E-state index contributed by atoms with van der Waals surface area (Å²) in [5.41, 5.74) is -0.510. The number of carbonyl (C=O) groups is 1. The lowest BCUT2D eigenvalue weighted by atomic mass is 9.81. The minimum atomic E-state index is -1.05. The molecule has 0 aliphatic carbocycles. The zero-order chi connectivity index (χ0) is 13.7. The van der Waals surface area contributed by atoms with Crippen LogP contribution in [0.15, 0.2) is 12.7 Å². The maximum atomic E-state index is 11.2. The van der Waals surface area contributed by atoms with E-state index in [1.807, 2.05) is 13.8 Å². The second kappa shape index (κ2) is 6.05. The van der Waals surface area contributed by atoms with Crippen molar-refractivity contribution in [2.75, 3.05) is 6.61 Å². The van der Waals surface area contributed by atoms with Crippen LogP contribution in [0.5, 0.6) is 0 Å². The highest BCUT2D eigenvalue weighted by Crippen LogP contribution is 2.31. The summed E-state index contributed by atoms with van der Waals surface area (Å²) in [6, 6.07) is 0. The van der Waals surface area contributed by atoms with Crippen molar-refractivity contribution in [3.8, 4) is 0 Å². The van der Waals surface area contributed by atoms with Crippen molar-refractivity contribution >= 4 is 6.09 Å². The molecular weight excluding hydrogens is 218 g/mol. The van der Waals surface area contributed by atoms with E-state index in [9.17, 15) is 9.90 Å². The summed E-state index contributed by atoms with van der Waals surface area (Å²) in [5.74, 6) is 0. The molecule has 0 spiro atoms. The molecule has 1 N–H and O–H groups in total. The fraction of sp³-hybridized carbons (Fsp3) is 0.769. The lowest BCUT2D eigenvalue weighted by Gasteiger charge is -2.39. The summed E-state index contributed by atoms with van der Waals surface area (Å²) in [6.07, 6.45) is 2.01. The molecule has 0 aliphatic heterocycles. The summed E-state index contributed by atoms with van der Waals surface area (Å²) < 4.78 is 0. The first-order valence-electron chi connectivity index (χ1n) is 5.87. The highest BCUT2D eigenvalue weighted by molar-refractivity contribution is 5.64. The van der Waals surface area contributed by atoms with Gasteiger partial charge in [0.25, 0.3) is 0 Å². The Morgan fingerprint density at radius 3 is 2.24 bits per heavy atom. The third kappa shape index (κ3) is 6.31. The average Bonchev–Trinajstić information content (AvgIpc) is 2.07. The van der Waals surface area contributed by atoms with Gasteiger partial charge in [0.1, 0.15) is 0 Å². The summed E-state index contributed by atoms with van der Waals surface area (Å²) in [7, 11) is 0. The lowest BCUT2D eigenvalue weighted by Crippen LogP contribution is -2.49. The van der Waals surface area contributed by atoms with E-state index < -0.39 is 11.6 Å². The van der Waals surface area contributed by atoms with E-state index in [2.05, 4.69) is 27.4 Å². The SMILES string of the molecule is C=CCCON(C(=O)O)C(C)(C)CC(C)(C)C. The van der Waals surface area contributed by atoms with Gasteiger partial charge in [0, 0.05) is 0 Å². The molecule has 0 aromatic heterocycles. The van der Waals surface area contributed by atoms with Crippen LogP contribution in [0.25, 0.3) is 0 Å². The van der Waals surface area contributed by atoms with Crippen LogP contribution in [0.4, 0.5) is 4.79 Å². The van der Waals surface area contributed by atoms with Crippen LogP contribution in [0, 0.1) is 5.41 Å². The van der Waals surface area contributed by atoms with Crippen molar-refractivity contribution in [2.45, 2.75) is 53.0 Å². The first-order chi connectivity index (χ1) is 7.60. The van der Waals surface area contributed by atoms with E-state index >= 15 is 0 Å². The number of rotatable bonds is 6. The Balaban J connectivity index is 4.66. The monoisotopic (exact) mass is 243 g/mol. The van der Waals surface area contributed by atoms with Gasteiger partial charge < -0.3 is 5.11 Å². The Morgan fingerprint density at radius 2 is 1.88 bits per heavy atom. The maximum Gasteiger partial charge on any atom is 0.431 e. The molecule has 0 heterocycles. The predicted octanol–water partition coefficient (Wildman–Crippen LogP) is 3.69. The smallest absolute Gasteiger partial charge is 0.431 e. The molecule has 0 fully saturated rings. The van der Waals surface area contributed by atoms with Gasteiger partial charge in [0.05, 0.1) is 12.1 Å². The van der Waals surface area contributed by atoms with Gasteiger partial charge >= 0.3 is 6.09 Å². The highest BCUT2D eigenvalue weighted by atomic mass is 16.7. The second-order valence-electron chi connectivity index (χ2n) is 6.04. The fourth-order valence-corrected chi connectivity index (χ4v) is 2.09. The first-order valence-corrected chi connectivity index (χ1v) is 5.87. The van der Waals surface area contributed by atoms with E-state index in [1.54, 1.807) is 6.08 Å². The largest absolute Gasteiger partial charge is 0.463 e. The van der Waals surface area contributed by atoms with Crippen LogP contribution in [-0.4, -0.2) is 28.4 Å². The van der Waals surface area contributed by atoms with Crippen LogP contribution in [0.2, 0.25) is 0 Å². The summed E-state index contributed by atoms with van der Waals surface area (Å²) >= 11 is 0. The Morgan fingerprint density at radius 1 is 1.35 bits per heavy atom. The van der Waals surface area contributed by atoms with E-state index in [4.69, 9.17) is 4.84 Å². The van der Waals surface area contributed by atoms with E-state index in [0.29, 0.717) is 13.0 Å². The molecule has 100 valence electrons. The Bertz CT molecular complexity index is 266. The molecule has 4 nitrogen and oxygen atoms in total. The molecule has 0 aromatic rings. The van der Waals surface area contributed by atoms with Crippen molar-refractivity contribution in [2.24, 2.45) is 5.41 Å². The Labute approximate surface area is 104 Å². The van der Waals surface area contributed by atoms with Crippen LogP contribution >= 0.6 is 0 Å². The van der Waals surface area contributed by atoms with Gasteiger partial charge in [0.15, 0.2) is 0 Å². The molecule has 1 amide bonds. The van der Waals surface area contributed by atoms with E-state index in [0.717, 1.165) is 11.5 Å². The molecule has 0 radical (unpaired) electrons. The molecule has 0 saturated carbocycles. The maximum absolute atomic E-state index is 11.2. The lowest BCUT2D eigenvalue weighted by molar-refractivity contribution is -0.189. The van der Waals surface area contributed by atoms with Crippen molar-refractivity contribution in [3.63, 3.8) is 0 Å². The normalized spacial score (nSPS) is 12.3. The third-order valence-electron chi connectivity index (χ3n) is 2.23. The summed E-state index contributed by atoms with van der Waals surface area (Å²) in [6.45, 7) is 13.9. The highest BCUT2D eigenvalue weighted by Gasteiger charge is 2.35. The van der Waals surface area contributed by atoms with E-state index in [1.165, 1.54) is 0 Å². The molecule has 4 heteroatoms.